The van der Waals surface area contributed by atoms with E-state index in [0.29, 0.717) is 12.4 Å². The zero-order valence-corrected chi connectivity index (χ0v) is 17.9. The summed E-state index contributed by atoms with van der Waals surface area (Å²) < 4.78 is 0. The summed E-state index contributed by atoms with van der Waals surface area (Å²) in [6.07, 6.45) is 5.85. The first-order chi connectivity index (χ1) is 15.6. The van der Waals surface area contributed by atoms with Crippen LogP contribution in [0.3, 0.4) is 0 Å². The van der Waals surface area contributed by atoms with Gasteiger partial charge in [-0.25, -0.2) is 4.98 Å². The predicted molar refractivity (Wildman–Crippen MR) is 126 cm³/mol. The lowest BCUT2D eigenvalue weighted by Crippen LogP contribution is -2.24. The number of benzene rings is 1. The highest BCUT2D eigenvalue weighted by molar-refractivity contribution is 5.87. The van der Waals surface area contributed by atoms with Crippen molar-refractivity contribution in [1.82, 2.24) is 15.0 Å². The van der Waals surface area contributed by atoms with Gasteiger partial charge in [-0.15, -0.1) is 0 Å². The fraction of sp³-hybridized carbons (Fsp3) is 0.154. The van der Waals surface area contributed by atoms with Crippen molar-refractivity contribution in [3.63, 3.8) is 0 Å². The van der Waals surface area contributed by atoms with Crippen LogP contribution in [0.15, 0.2) is 85.3 Å². The minimum Gasteiger partial charge on any atom is -0.369 e. The summed E-state index contributed by atoms with van der Waals surface area (Å²) in [4.78, 5) is 25.9. The van der Waals surface area contributed by atoms with Gasteiger partial charge in [0.25, 0.3) is 0 Å². The smallest absolute Gasteiger partial charge is 0.229 e. The Morgan fingerprint density at radius 1 is 1.00 bits per heavy atom. The number of nitrogens with zero attached hydrogens (tertiary/aromatic N) is 3. The molecule has 3 aromatic heterocycles. The van der Waals surface area contributed by atoms with E-state index in [1.165, 1.54) is 0 Å². The summed E-state index contributed by atoms with van der Waals surface area (Å²) in [5.41, 5.74) is 11.3. The number of anilines is 1. The molecule has 6 heteroatoms. The van der Waals surface area contributed by atoms with E-state index in [-0.39, 0.29) is 0 Å². The average molecular weight is 424 g/mol. The first-order valence-electron chi connectivity index (χ1n) is 10.5. The number of aryl methyl sites for hydroxylation is 1. The summed E-state index contributed by atoms with van der Waals surface area (Å²) in [5.74, 6) is -0.468. The standard InChI is InChI=1S/C26H25N5O/c1-18-7-2-3-10-21(18)23-12-11-22(24(25(27)32)19-8-6-14-28-17-19)26(31-23)30-16-13-20-9-4-5-15-29-20/h2-12,14-15,17,24H,13,16H2,1H3,(H2,27,32)(H,30,31). The van der Waals surface area contributed by atoms with E-state index in [2.05, 4.69) is 28.3 Å². The SMILES string of the molecule is Cc1ccccc1-c1ccc(C(C(N)=O)c2cccnc2)c(NCCc2ccccn2)n1. The Labute approximate surface area is 187 Å². The average Bonchev–Trinajstić information content (AvgIpc) is 2.82. The molecule has 160 valence electrons. The Bertz CT molecular complexity index is 1200. The lowest BCUT2D eigenvalue weighted by atomic mass is 9.91. The number of hydrogen-bond acceptors (Lipinski definition) is 5. The molecule has 0 aliphatic heterocycles. The second-order valence-corrected chi connectivity index (χ2v) is 7.57. The molecule has 0 spiro atoms. The van der Waals surface area contributed by atoms with Crippen molar-refractivity contribution in [3.8, 4) is 11.3 Å². The van der Waals surface area contributed by atoms with E-state index in [0.717, 1.165) is 40.1 Å². The molecule has 0 saturated carbocycles. The quantitative estimate of drug-likeness (QED) is 0.445. The van der Waals surface area contributed by atoms with E-state index >= 15 is 0 Å². The third-order valence-electron chi connectivity index (χ3n) is 5.36. The molecule has 1 atom stereocenters. The Morgan fingerprint density at radius 2 is 1.84 bits per heavy atom. The molecular formula is C26H25N5O. The molecule has 1 amide bonds. The second kappa shape index (κ2) is 9.83. The van der Waals surface area contributed by atoms with Crippen LogP contribution in [0.2, 0.25) is 0 Å². The van der Waals surface area contributed by atoms with Crippen LogP contribution >= 0.6 is 0 Å². The molecule has 32 heavy (non-hydrogen) atoms. The van der Waals surface area contributed by atoms with Crippen LogP contribution in [0.4, 0.5) is 5.82 Å². The molecule has 4 rings (SSSR count). The number of aromatic nitrogens is 3. The third-order valence-corrected chi connectivity index (χ3v) is 5.36. The number of primary amides is 1. The number of rotatable bonds is 8. The third kappa shape index (κ3) is 4.81. The van der Waals surface area contributed by atoms with Crippen molar-refractivity contribution >= 4 is 11.7 Å². The predicted octanol–water partition coefficient (Wildman–Crippen LogP) is 4.12. The maximum atomic E-state index is 12.5. The number of nitrogens with two attached hydrogens (primary N) is 1. The number of amides is 1. The van der Waals surface area contributed by atoms with E-state index in [1.807, 2.05) is 54.6 Å². The first kappa shape index (κ1) is 21.2. The number of nitrogens with one attached hydrogen (secondary N) is 1. The van der Waals surface area contributed by atoms with Crippen LogP contribution in [0.5, 0.6) is 0 Å². The second-order valence-electron chi connectivity index (χ2n) is 7.57. The molecule has 4 aromatic rings. The zero-order valence-electron chi connectivity index (χ0n) is 17.9. The summed E-state index contributed by atoms with van der Waals surface area (Å²) in [7, 11) is 0. The van der Waals surface area contributed by atoms with Gasteiger partial charge in [0.2, 0.25) is 5.91 Å². The molecule has 3 heterocycles. The van der Waals surface area contributed by atoms with E-state index < -0.39 is 11.8 Å². The van der Waals surface area contributed by atoms with Crippen molar-refractivity contribution in [2.24, 2.45) is 5.73 Å². The minimum atomic E-state index is -0.653. The van der Waals surface area contributed by atoms with Crippen molar-refractivity contribution in [2.45, 2.75) is 19.3 Å². The van der Waals surface area contributed by atoms with Gasteiger partial charge < -0.3 is 11.1 Å². The lowest BCUT2D eigenvalue weighted by molar-refractivity contribution is -0.118. The van der Waals surface area contributed by atoms with Gasteiger partial charge in [-0.2, -0.15) is 0 Å². The Kier molecular flexibility index (Phi) is 6.51. The fourth-order valence-corrected chi connectivity index (χ4v) is 3.75. The van der Waals surface area contributed by atoms with Crippen molar-refractivity contribution < 1.29 is 4.79 Å². The Morgan fingerprint density at radius 3 is 2.56 bits per heavy atom. The van der Waals surface area contributed by atoms with Crippen LogP contribution in [0.25, 0.3) is 11.3 Å². The van der Waals surface area contributed by atoms with Gasteiger partial charge in [0.15, 0.2) is 0 Å². The van der Waals surface area contributed by atoms with Gasteiger partial charge in [-0.3, -0.25) is 14.8 Å². The number of carbonyl (C=O) groups excluding carboxylic acids is 1. The van der Waals surface area contributed by atoms with Crippen LogP contribution in [0, 0.1) is 6.92 Å². The Hall–Kier alpha value is -4.06. The highest BCUT2D eigenvalue weighted by atomic mass is 16.1. The van der Waals surface area contributed by atoms with Crippen LogP contribution < -0.4 is 11.1 Å². The van der Waals surface area contributed by atoms with Gasteiger partial charge >= 0.3 is 0 Å². The molecule has 0 aliphatic carbocycles. The summed E-state index contributed by atoms with van der Waals surface area (Å²) >= 11 is 0. The van der Waals surface area contributed by atoms with Crippen molar-refractivity contribution in [2.75, 3.05) is 11.9 Å². The summed E-state index contributed by atoms with van der Waals surface area (Å²) in [6.45, 7) is 2.67. The minimum absolute atomic E-state index is 0.448. The van der Waals surface area contributed by atoms with E-state index in [1.54, 1.807) is 24.7 Å². The fourth-order valence-electron chi connectivity index (χ4n) is 3.75. The molecular weight excluding hydrogens is 398 g/mol. The van der Waals surface area contributed by atoms with E-state index in [4.69, 9.17) is 10.7 Å². The molecule has 0 radical (unpaired) electrons. The van der Waals surface area contributed by atoms with Crippen LogP contribution in [0.1, 0.15) is 28.3 Å². The van der Waals surface area contributed by atoms with E-state index in [9.17, 15) is 4.79 Å². The lowest BCUT2D eigenvalue weighted by Gasteiger charge is -2.19. The van der Waals surface area contributed by atoms with Crippen molar-refractivity contribution in [1.29, 1.82) is 0 Å². The zero-order chi connectivity index (χ0) is 22.3. The summed E-state index contributed by atoms with van der Waals surface area (Å²) in [5, 5.41) is 3.42. The maximum absolute atomic E-state index is 12.5. The molecule has 0 aliphatic rings. The van der Waals surface area contributed by atoms with Gasteiger partial charge in [-0.05, 0) is 42.3 Å². The Balaban J connectivity index is 1.72. The van der Waals surface area contributed by atoms with Crippen LogP contribution in [-0.4, -0.2) is 27.4 Å². The first-order valence-corrected chi connectivity index (χ1v) is 10.5. The summed E-state index contributed by atoms with van der Waals surface area (Å²) in [6, 6.07) is 21.5. The van der Waals surface area contributed by atoms with Gasteiger partial charge in [0.1, 0.15) is 5.82 Å². The molecule has 3 N–H and O–H groups in total. The van der Waals surface area contributed by atoms with Crippen molar-refractivity contribution in [3.05, 3.63) is 108 Å². The van der Waals surface area contributed by atoms with Gasteiger partial charge in [0.05, 0.1) is 11.6 Å². The van der Waals surface area contributed by atoms with Crippen LogP contribution in [-0.2, 0) is 11.2 Å². The van der Waals surface area contributed by atoms with Gasteiger partial charge in [-0.1, -0.05) is 42.5 Å². The maximum Gasteiger partial charge on any atom is 0.229 e. The highest BCUT2D eigenvalue weighted by Crippen LogP contribution is 2.32. The highest BCUT2D eigenvalue weighted by Gasteiger charge is 2.25. The number of pyridine rings is 3. The number of hydrogen-bond donors (Lipinski definition) is 2. The topological polar surface area (TPSA) is 93.8 Å². The molecule has 0 fully saturated rings. The monoisotopic (exact) mass is 423 g/mol. The molecule has 0 bridgehead atoms. The molecule has 1 unspecified atom stereocenters. The van der Waals surface area contributed by atoms with Gasteiger partial charge in [0, 0.05) is 48.4 Å². The molecule has 0 saturated heterocycles. The largest absolute Gasteiger partial charge is 0.369 e. The normalized spacial score (nSPS) is 11.7. The molecule has 1 aromatic carbocycles. The number of carbonyl (C=O) groups is 1. The molecule has 6 nitrogen and oxygen atoms in total.